The van der Waals surface area contributed by atoms with Crippen LogP contribution < -0.4 is 15.6 Å². The van der Waals surface area contributed by atoms with Gasteiger partial charge in [-0.15, -0.1) is 0 Å². The maximum absolute atomic E-state index is 12.1. The summed E-state index contributed by atoms with van der Waals surface area (Å²) in [6.07, 6.45) is 0. The highest BCUT2D eigenvalue weighted by atomic mass is 16.5. The molecule has 0 fully saturated rings. The summed E-state index contributed by atoms with van der Waals surface area (Å²) in [7, 11) is 3.53. The van der Waals surface area contributed by atoms with Gasteiger partial charge in [0.25, 0.3) is 5.56 Å². The van der Waals surface area contributed by atoms with Crippen LogP contribution in [0.25, 0.3) is 0 Å². The third kappa shape index (κ3) is 3.49. The Hall–Kier alpha value is -2.14. The van der Waals surface area contributed by atoms with E-state index in [0.29, 0.717) is 6.54 Å². The second-order valence-electron chi connectivity index (χ2n) is 5.01. The van der Waals surface area contributed by atoms with Crippen molar-refractivity contribution in [2.45, 2.75) is 26.4 Å². The van der Waals surface area contributed by atoms with E-state index in [9.17, 15) is 4.79 Å². The van der Waals surface area contributed by atoms with Crippen LogP contribution in [0.3, 0.4) is 0 Å². The quantitative estimate of drug-likeness (QED) is 0.911. The largest absolute Gasteiger partial charge is 0.497 e. The Morgan fingerprint density at radius 2 is 1.95 bits per heavy atom. The van der Waals surface area contributed by atoms with E-state index in [-0.39, 0.29) is 11.6 Å². The van der Waals surface area contributed by atoms with Gasteiger partial charge in [-0.25, -0.2) is 4.98 Å². The van der Waals surface area contributed by atoms with E-state index >= 15 is 0 Å². The Bertz CT molecular complexity index is 662. The summed E-state index contributed by atoms with van der Waals surface area (Å²) < 4.78 is 6.86. The second-order valence-corrected chi connectivity index (χ2v) is 5.01. The van der Waals surface area contributed by atoms with Gasteiger partial charge >= 0.3 is 0 Å². The first-order chi connectivity index (χ1) is 10.0. The van der Waals surface area contributed by atoms with Crippen LogP contribution in [-0.2, 0) is 6.54 Å². The number of hydrogen-bond acceptors (Lipinski definition) is 4. The fourth-order valence-electron chi connectivity index (χ4n) is 2.37. The summed E-state index contributed by atoms with van der Waals surface area (Å²) in [5.74, 6) is 1.55. The molecule has 0 aliphatic rings. The lowest BCUT2D eigenvalue weighted by Gasteiger charge is -2.19. The molecule has 0 bridgehead atoms. The van der Waals surface area contributed by atoms with E-state index < -0.39 is 0 Å². The second kappa shape index (κ2) is 6.54. The van der Waals surface area contributed by atoms with E-state index in [2.05, 4.69) is 10.3 Å². The molecule has 1 aromatic carbocycles. The maximum atomic E-state index is 12.1. The number of rotatable bonds is 5. The number of hydrogen-bond donors (Lipinski definition) is 1. The molecule has 2 rings (SSSR count). The third-order valence-electron chi connectivity index (χ3n) is 3.56. The van der Waals surface area contributed by atoms with Crippen LogP contribution in [0.15, 0.2) is 35.1 Å². The van der Waals surface area contributed by atoms with Crippen molar-refractivity contribution < 1.29 is 4.74 Å². The fourth-order valence-corrected chi connectivity index (χ4v) is 2.37. The number of nitrogens with zero attached hydrogens (tertiary/aromatic N) is 2. The lowest BCUT2D eigenvalue weighted by atomic mass is 10.1. The van der Waals surface area contributed by atoms with Gasteiger partial charge < -0.3 is 10.1 Å². The fraction of sp³-hybridized carbons (Fsp3) is 0.375. The minimum absolute atomic E-state index is 0.0197. The molecule has 5 heteroatoms. The van der Waals surface area contributed by atoms with Crippen LogP contribution in [0.1, 0.15) is 23.1 Å². The molecule has 0 aliphatic heterocycles. The Labute approximate surface area is 124 Å². The van der Waals surface area contributed by atoms with Crippen molar-refractivity contribution in [1.82, 2.24) is 14.9 Å². The number of benzene rings is 1. The zero-order valence-electron chi connectivity index (χ0n) is 12.9. The Kier molecular flexibility index (Phi) is 4.75. The minimum Gasteiger partial charge on any atom is -0.497 e. The Morgan fingerprint density at radius 1 is 1.29 bits per heavy atom. The number of methoxy groups -OCH3 is 1. The third-order valence-corrected chi connectivity index (χ3v) is 3.56. The molecule has 0 spiro atoms. The van der Waals surface area contributed by atoms with E-state index in [1.165, 1.54) is 0 Å². The first-order valence-corrected chi connectivity index (χ1v) is 6.91. The monoisotopic (exact) mass is 287 g/mol. The van der Waals surface area contributed by atoms with Crippen molar-refractivity contribution in [3.05, 3.63) is 57.8 Å². The maximum Gasteiger partial charge on any atom is 0.253 e. The molecular weight excluding hydrogens is 266 g/mol. The van der Waals surface area contributed by atoms with Crippen LogP contribution >= 0.6 is 0 Å². The van der Waals surface area contributed by atoms with E-state index in [1.54, 1.807) is 17.7 Å². The number of nitrogens with one attached hydrogen (secondary N) is 1. The molecule has 0 amide bonds. The molecule has 5 nitrogen and oxygen atoms in total. The van der Waals surface area contributed by atoms with Crippen molar-refractivity contribution in [2.75, 3.05) is 14.2 Å². The van der Waals surface area contributed by atoms with Crippen LogP contribution in [0, 0.1) is 13.8 Å². The predicted octanol–water partition coefficient (Wildman–Crippen LogP) is 1.83. The van der Waals surface area contributed by atoms with Crippen LogP contribution in [0.2, 0.25) is 0 Å². The highest BCUT2D eigenvalue weighted by Gasteiger charge is 2.13. The van der Waals surface area contributed by atoms with Gasteiger partial charge in [-0.05, 0) is 38.6 Å². The van der Waals surface area contributed by atoms with E-state index in [1.807, 2.05) is 45.2 Å². The van der Waals surface area contributed by atoms with Gasteiger partial charge in [0.05, 0.1) is 13.2 Å². The van der Waals surface area contributed by atoms with Gasteiger partial charge in [0, 0.05) is 18.3 Å². The molecule has 1 N–H and O–H groups in total. The van der Waals surface area contributed by atoms with Gasteiger partial charge in [0.1, 0.15) is 11.6 Å². The van der Waals surface area contributed by atoms with Crippen molar-refractivity contribution >= 4 is 0 Å². The number of likely N-dealkylation sites (N-methyl/N-ethyl adjacent to an activating group) is 1. The molecule has 0 saturated heterocycles. The molecule has 0 aliphatic carbocycles. The molecule has 0 saturated carbocycles. The lowest BCUT2D eigenvalue weighted by Crippen LogP contribution is -2.30. The zero-order chi connectivity index (χ0) is 15.4. The normalized spacial score (nSPS) is 12.2. The number of aryl methyl sites for hydroxylation is 2. The van der Waals surface area contributed by atoms with E-state index in [0.717, 1.165) is 22.8 Å². The average Bonchev–Trinajstić information content (AvgIpc) is 2.47. The average molecular weight is 287 g/mol. The molecule has 0 radical (unpaired) electrons. The summed E-state index contributed by atoms with van der Waals surface area (Å²) in [5, 5.41) is 3.25. The van der Waals surface area contributed by atoms with Gasteiger partial charge in [-0.1, -0.05) is 12.1 Å². The van der Waals surface area contributed by atoms with Crippen molar-refractivity contribution in [1.29, 1.82) is 0 Å². The molecule has 1 unspecified atom stereocenters. The summed E-state index contributed by atoms with van der Waals surface area (Å²) in [6, 6.07) is 9.44. The Balaban J connectivity index is 2.28. The number of ether oxygens (including phenoxy) is 1. The highest BCUT2D eigenvalue weighted by Crippen LogP contribution is 2.18. The first-order valence-electron chi connectivity index (χ1n) is 6.91. The van der Waals surface area contributed by atoms with Crippen LogP contribution in [0.4, 0.5) is 0 Å². The van der Waals surface area contributed by atoms with Crippen LogP contribution in [-0.4, -0.2) is 23.7 Å². The summed E-state index contributed by atoms with van der Waals surface area (Å²) in [6.45, 7) is 4.23. The SMILES string of the molecule is CNC(Cn1c(C)nc(C)cc1=O)c1ccc(OC)cc1. The smallest absolute Gasteiger partial charge is 0.253 e. The van der Waals surface area contributed by atoms with Gasteiger partial charge in [-0.3, -0.25) is 9.36 Å². The topological polar surface area (TPSA) is 56.2 Å². The summed E-state index contributed by atoms with van der Waals surface area (Å²) >= 11 is 0. The van der Waals surface area contributed by atoms with Crippen LogP contribution in [0.5, 0.6) is 5.75 Å². The van der Waals surface area contributed by atoms with E-state index in [4.69, 9.17) is 4.74 Å². The van der Waals surface area contributed by atoms with Crippen molar-refractivity contribution in [3.63, 3.8) is 0 Å². The van der Waals surface area contributed by atoms with Crippen molar-refractivity contribution in [2.24, 2.45) is 0 Å². The lowest BCUT2D eigenvalue weighted by molar-refractivity contribution is 0.414. The molecule has 21 heavy (non-hydrogen) atoms. The molecule has 2 aromatic rings. The minimum atomic E-state index is -0.0197. The zero-order valence-corrected chi connectivity index (χ0v) is 12.9. The van der Waals surface area contributed by atoms with Crippen molar-refractivity contribution in [3.8, 4) is 5.75 Å². The molecule has 112 valence electrons. The Morgan fingerprint density at radius 3 is 2.48 bits per heavy atom. The standard InChI is InChI=1S/C16H21N3O2/c1-11-9-16(20)19(12(2)18-11)10-15(17-3)13-5-7-14(21-4)8-6-13/h5-9,15,17H,10H2,1-4H3. The first kappa shape index (κ1) is 15.3. The highest BCUT2D eigenvalue weighted by molar-refractivity contribution is 5.29. The van der Waals surface area contributed by atoms with Gasteiger partial charge in [-0.2, -0.15) is 0 Å². The van der Waals surface area contributed by atoms with Gasteiger partial charge in [0.2, 0.25) is 0 Å². The molecular formula is C16H21N3O2. The molecule has 1 aromatic heterocycles. The molecule has 1 heterocycles. The molecule has 1 atom stereocenters. The summed E-state index contributed by atoms with van der Waals surface area (Å²) in [4.78, 5) is 16.5. The predicted molar refractivity (Wildman–Crippen MR) is 82.8 cm³/mol. The van der Waals surface area contributed by atoms with Gasteiger partial charge in [0.15, 0.2) is 0 Å². The summed E-state index contributed by atoms with van der Waals surface area (Å²) in [5.41, 5.74) is 1.83. The number of aromatic nitrogens is 2.